The normalized spacial score (nSPS) is 20.8. The van der Waals surface area contributed by atoms with Crippen molar-refractivity contribution in [1.82, 2.24) is 15.3 Å². The van der Waals surface area contributed by atoms with Gasteiger partial charge in [0.1, 0.15) is 11.6 Å². The van der Waals surface area contributed by atoms with Crippen molar-refractivity contribution in [1.29, 1.82) is 0 Å². The minimum Gasteiger partial charge on any atom is -0.390 e. The van der Waals surface area contributed by atoms with Crippen molar-refractivity contribution < 1.29 is 5.11 Å². The van der Waals surface area contributed by atoms with E-state index in [9.17, 15) is 5.11 Å². The molecule has 0 saturated carbocycles. The van der Waals surface area contributed by atoms with Crippen LogP contribution < -0.4 is 16.4 Å². The van der Waals surface area contributed by atoms with Crippen molar-refractivity contribution in [2.24, 2.45) is 0 Å². The number of hydrogen-bond donors (Lipinski definition) is 4. The fourth-order valence-corrected chi connectivity index (χ4v) is 3.44. The topological polar surface area (TPSA) is 96.1 Å². The predicted molar refractivity (Wildman–Crippen MR) is 98.1 cm³/mol. The summed E-state index contributed by atoms with van der Waals surface area (Å²) < 4.78 is 0. The van der Waals surface area contributed by atoms with Crippen LogP contribution in [0.25, 0.3) is 0 Å². The number of nitrogen functional groups attached to an aromatic ring is 1. The molecule has 0 amide bonds. The second-order valence-corrected chi connectivity index (χ2v) is 6.99. The maximum absolute atomic E-state index is 10.0. The van der Waals surface area contributed by atoms with Crippen LogP contribution >= 0.6 is 11.8 Å². The number of aryl methyl sites for hydroxylation is 1. The molecule has 1 aromatic carbocycles. The SMILES string of the molecule is Cc1ccc(CSc2nc(N)cc(N[C@@H]3CCNC[C@H]3O)n2)cc1. The van der Waals surface area contributed by atoms with Gasteiger partial charge in [0.25, 0.3) is 0 Å². The molecule has 0 bridgehead atoms. The van der Waals surface area contributed by atoms with Gasteiger partial charge in [-0.05, 0) is 25.5 Å². The van der Waals surface area contributed by atoms with E-state index in [2.05, 4.69) is 51.8 Å². The molecule has 2 heterocycles. The summed E-state index contributed by atoms with van der Waals surface area (Å²) in [6, 6.07) is 10.1. The third-order valence-corrected chi connectivity index (χ3v) is 4.92. The number of hydrogen-bond acceptors (Lipinski definition) is 7. The summed E-state index contributed by atoms with van der Waals surface area (Å²) in [6.45, 7) is 3.54. The second kappa shape index (κ2) is 7.83. The number of aliphatic hydroxyl groups is 1. The second-order valence-electron chi connectivity index (χ2n) is 6.05. The van der Waals surface area contributed by atoms with Crippen molar-refractivity contribution in [3.8, 4) is 0 Å². The van der Waals surface area contributed by atoms with E-state index in [0.29, 0.717) is 23.3 Å². The lowest BCUT2D eigenvalue weighted by Gasteiger charge is -2.29. The largest absolute Gasteiger partial charge is 0.390 e. The molecule has 0 radical (unpaired) electrons. The first-order valence-corrected chi connectivity index (χ1v) is 9.07. The van der Waals surface area contributed by atoms with Crippen LogP contribution in [-0.4, -0.2) is 40.3 Å². The van der Waals surface area contributed by atoms with Gasteiger partial charge >= 0.3 is 0 Å². The van der Waals surface area contributed by atoms with Crippen molar-refractivity contribution in [3.63, 3.8) is 0 Å². The van der Waals surface area contributed by atoms with Crippen LogP contribution in [0.4, 0.5) is 11.6 Å². The van der Waals surface area contributed by atoms with Gasteiger partial charge in [-0.1, -0.05) is 41.6 Å². The molecule has 0 aliphatic carbocycles. The van der Waals surface area contributed by atoms with E-state index in [-0.39, 0.29) is 6.04 Å². The quantitative estimate of drug-likeness (QED) is 0.485. The van der Waals surface area contributed by atoms with Gasteiger partial charge in [0, 0.05) is 18.4 Å². The van der Waals surface area contributed by atoms with E-state index in [1.165, 1.54) is 11.1 Å². The molecule has 1 aliphatic rings. The van der Waals surface area contributed by atoms with Crippen LogP contribution in [-0.2, 0) is 5.75 Å². The fourth-order valence-electron chi connectivity index (χ4n) is 2.61. The molecule has 24 heavy (non-hydrogen) atoms. The number of nitrogens with two attached hydrogens (primary N) is 1. The molecule has 1 fully saturated rings. The zero-order valence-corrected chi connectivity index (χ0v) is 14.5. The number of benzene rings is 1. The molecule has 5 N–H and O–H groups in total. The predicted octanol–water partition coefficient (Wildman–Crippen LogP) is 1.79. The minimum absolute atomic E-state index is 0.0181. The molecule has 6 nitrogen and oxygen atoms in total. The highest BCUT2D eigenvalue weighted by Crippen LogP contribution is 2.23. The molecule has 2 aromatic rings. The summed E-state index contributed by atoms with van der Waals surface area (Å²) in [5.41, 5.74) is 8.38. The Morgan fingerprint density at radius 1 is 1.33 bits per heavy atom. The Hall–Kier alpha value is -1.83. The van der Waals surface area contributed by atoms with Crippen LogP contribution in [0.3, 0.4) is 0 Å². The van der Waals surface area contributed by atoms with Crippen molar-refractivity contribution >= 4 is 23.4 Å². The number of nitrogens with one attached hydrogen (secondary N) is 2. The highest BCUT2D eigenvalue weighted by atomic mass is 32.2. The third kappa shape index (κ3) is 4.59. The molecule has 0 spiro atoms. The Balaban J connectivity index is 1.65. The van der Waals surface area contributed by atoms with E-state index in [0.717, 1.165) is 18.7 Å². The first-order valence-electron chi connectivity index (χ1n) is 8.08. The van der Waals surface area contributed by atoms with E-state index in [1.54, 1.807) is 17.8 Å². The van der Waals surface area contributed by atoms with Gasteiger partial charge in [0.05, 0.1) is 12.1 Å². The highest BCUT2D eigenvalue weighted by molar-refractivity contribution is 7.98. The smallest absolute Gasteiger partial charge is 0.191 e. The van der Waals surface area contributed by atoms with Crippen LogP contribution in [0.2, 0.25) is 0 Å². The first-order chi connectivity index (χ1) is 11.6. The zero-order chi connectivity index (χ0) is 16.9. The molecular formula is C17H23N5OS. The Morgan fingerprint density at radius 2 is 2.12 bits per heavy atom. The number of anilines is 2. The number of piperidine rings is 1. The number of nitrogens with zero attached hydrogens (tertiary/aromatic N) is 2. The molecule has 1 aromatic heterocycles. The maximum atomic E-state index is 10.0. The molecule has 0 unspecified atom stereocenters. The molecule has 1 saturated heterocycles. The standard InChI is InChI=1S/C17H23N5OS/c1-11-2-4-12(5-3-11)10-24-17-21-15(18)8-16(22-17)20-13-6-7-19-9-14(13)23/h2-5,8,13-14,19,23H,6-7,9-10H2,1H3,(H3,18,20,21,22)/t13-,14-/m1/s1. The van der Waals surface area contributed by atoms with Gasteiger partial charge in [-0.2, -0.15) is 0 Å². The van der Waals surface area contributed by atoms with Gasteiger partial charge in [0.2, 0.25) is 0 Å². The Bertz CT molecular complexity index is 679. The number of β-amino-alcohol motifs (C(OH)–C–C–N with tert-alkyl or cyclic N) is 1. The Labute approximate surface area is 146 Å². The Kier molecular flexibility index (Phi) is 5.55. The zero-order valence-electron chi connectivity index (χ0n) is 13.7. The molecule has 128 valence electrons. The fraction of sp³-hybridized carbons (Fsp3) is 0.412. The van der Waals surface area contributed by atoms with Gasteiger partial charge in [-0.3, -0.25) is 0 Å². The lowest BCUT2D eigenvalue weighted by Crippen LogP contribution is -2.47. The lowest BCUT2D eigenvalue weighted by atomic mass is 10.0. The molecule has 7 heteroatoms. The Morgan fingerprint density at radius 3 is 2.88 bits per heavy atom. The lowest BCUT2D eigenvalue weighted by molar-refractivity contribution is 0.128. The van der Waals surface area contributed by atoms with Crippen LogP contribution in [0, 0.1) is 6.92 Å². The van der Waals surface area contributed by atoms with Crippen LogP contribution in [0.1, 0.15) is 17.5 Å². The summed E-state index contributed by atoms with van der Waals surface area (Å²) in [6.07, 6.45) is 0.412. The van der Waals surface area contributed by atoms with Gasteiger partial charge in [-0.25, -0.2) is 9.97 Å². The van der Waals surface area contributed by atoms with E-state index < -0.39 is 6.10 Å². The summed E-state index contributed by atoms with van der Waals surface area (Å²) in [4.78, 5) is 8.82. The van der Waals surface area contributed by atoms with E-state index >= 15 is 0 Å². The summed E-state index contributed by atoms with van der Waals surface area (Å²) in [5.74, 6) is 1.89. The minimum atomic E-state index is -0.432. The first kappa shape index (κ1) is 17.0. The van der Waals surface area contributed by atoms with E-state index in [4.69, 9.17) is 5.73 Å². The number of aromatic nitrogens is 2. The highest BCUT2D eigenvalue weighted by Gasteiger charge is 2.23. The number of thioether (sulfide) groups is 1. The van der Waals surface area contributed by atoms with E-state index in [1.807, 2.05) is 0 Å². The monoisotopic (exact) mass is 345 g/mol. The third-order valence-electron chi connectivity index (χ3n) is 4.00. The average molecular weight is 345 g/mol. The van der Waals surface area contributed by atoms with Gasteiger partial charge in [-0.15, -0.1) is 0 Å². The molecule has 1 aliphatic heterocycles. The van der Waals surface area contributed by atoms with Crippen molar-refractivity contribution in [3.05, 3.63) is 41.5 Å². The average Bonchev–Trinajstić information content (AvgIpc) is 2.56. The summed E-state index contributed by atoms with van der Waals surface area (Å²) in [5, 5.41) is 17.1. The summed E-state index contributed by atoms with van der Waals surface area (Å²) in [7, 11) is 0. The van der Waals surface area contributed by atoms with Gasteiger partial charge in [0.15, 0.2) is 5.16 Å². The van der Waals surface area contributed by atoms with Crippen LogP contribution in [0.5, 0.6) is 0 Å². The van der Waals surface area contributed by atoms with Gasteiger partial charge < -0.3 is 21.5 Å². The molecule has 3 rings (SSSR count). The summed E-state index contributed by atoms with van der Waals surface area (Å²) >= 11 is 1.55. The number of aliphatic hydroxyl groups excluding tert-OH is 1. The number of rotatable bonds is 5. The maximum Gasteiger partial charge on any atom is 0.191 e. The molecule has 2 atom stereocenters. The molecular weight excluding hydrogens is 322 g/mol. The van der Waals surface area contributed by atoms with Crippen molar-refractivity contribution in [2.45, 2.75) is 36.4 Å². The van der Waals surface area contributed by atoms with Crippen molar-refractivity contribution in [2.75, 3.05) is 24.1 Å². The van der Waals surface area contributed by atoms with Crippen LogP contribution in [0.15, 0.2) is 35.5 Å².